The molecule has 0 aliphatic carbocycles. The molecule has 0 unspecified atom stereocenters. The van der Waals surface area contributed by atoms with Crippen LogP contribution in [0.1, 0.15) is 47.7 Å². The maximum atomic E-state index is 11.5. The largest absolute Gasteiger partial charge is 0.394 e. The molecule has 8 saturated heterocycles. The first-order valence-electron chi connectivity index (χ1n) is 38.1. The Morgan fingerprint density at radius 1 is 0.240 bits per heavy atom. The van der Waals surface area contributed by atoms with E-state index in [1.165, 1.54) is 24.8 Å². The molecule has 12 heterocycles. The first-order valence-corrected chi connectivity index (χ1v) is 38.1. The van der Waals surface area contributed by atoms with Crippen LogP contribution in [0.5, 0.6) is 0 Å². The van der Waals surface area contributed by atoms with E-state index < -0.39 is 357 Å². The van der Waals surface area contributed by atoms with E-state index in [0.29, 0.717) is 0 Å². The molecule has 28 N–H and O–H groups in total. The summed E-state index contributed by atoms with van der Waals surface area (Å²) in [6, 6.07) is 0. The third kappa shape index (κ3) is 20.5. The molecular weight excluding hydrogens is 1650 g/mol. The fraction of sp³-hybridized carbons (Fsp3) is 0.877. The van der Waals surface area contributed by atoms with Gasteiger partial charge in [-0.3, -0.25) is 0 Å². The van der Waals surface area contributed by atoms with Gasteiger partial charge in [-0.25, -0.2) is 18.7 Å². The first-order chi connectivity index (χ1) is 57.8. The zero-order chi connectivity index (χ0) is 87.3. The van der Waals surface area contributed by atoms with E-state index in [1.807, 2.05) is 0 Å². The maximum absolute atomic E-state index is 11.5. The minimum Gasteiger partial charge on any atom is -0.394 e. The number of hydrogen-bond acceptors (Lipinski definition) is 52. The number of hydrogen-bond donors (Lipinski definition) is 28. The highest BCUT2D eigenvalue weighted by Gasteiger charge is 2.57. The van der Waals surface area contributed by atoms with E-state index in [0.717, 1.165) is 18.7 Å². The Kier molecular flexibility index (Phi) is 32.7. The summed E-state index contributed by atoms with van der Waals surface area (Å²) in [5.41, 5.74) is -1.70. The lowest BCUT2D eigenvalue weighted by Crippen LogP contribution is -2.63. The molecular formula is C65H104N12O44. The van der Waals surface area contributed by atoms with E-state index in [4.69, 9.17) is 75.8 Å². The highest BCUT2D eigenvalue weighted by molar-refractivity contribution is 5.04. The molecule has 4 aromatic rings. The second-order valence-corrected chi connectivity index (χ2v) is 30.3. The van der Waals surface area contributed by atoms with Gasteiger partial charge in [0, 0.05) is 0 Å². The third-order valence-corrected chi connectivity index (χ3v) is 21.8. The molecule has 40 atom stereocenters. The molecule has 121 heavy (non-hydrogen) atoms. The smallest absolute Gasteiger partial charge is 0.187 e. The van der Waals surface area contributed by atoms with Crippen molar-refractivity contribution in [3.8, 4) is 0 Å². The molecule has 0 radical (unpaired) electrons. The summed E-state index contributed by atoms with van der Waals surface area (Å²) < 4.78 is 97.3. The zero-order valence-corrected chi connectivity index (χ0v) is 63.6. The fourth-order valence-electron chi connectivity index (χ4n) is 14.9. The van der Waals surface area contributed by atoms with Crippen molar-refractivity contribution >= 4 is 0 Å². The number of ether oxygens (including phenoxy) is 16. The quantitative estimate of drug-likeness (QED) is 0.0201. The fourth-order valence-corrected chi connectivity index (χ4v) is 14.9. The number of nitrogens with zero attached hydrogens (tertiary/aromatic N) is 12. The molecule has 688 valence electrons. The summed E-state index contributed by atoms with van der Waals surface area (Å²) in [4.78, 5) is 0. The van der Waals surface area contributed by atoms with Crippen molar-refractivity contribution in [2.24, 2.45) is 5.41 Å². The minimum atomic E-state index is -1.97. The monoisotopic (exact) mass is 1760 g/mol. The zero-order valence-electron chi connectivity index (χ0n) is 63.6. The van der Waals surface area contributed by atoms with Gasteiger partial charge < -0.3 is 219 Å². The Hall–Kier alpha value is -5.20. The Morgan fingerprint density at radius 2 is 0.430 bits per heavy atom. The lowest BCUT2D eigenvalue weighted by Gasteiger charge is -2.45. The van der Waals surface area contributed by atoms with Crippen LogP contribution >= 0.6 is 0 Å². The summed E-state index contributed by atoms with van der Waals surface area (Å²) in [6.07, 6.45) is -66.3. The number of aliphatic hydroxyl groups excluding tert-OH is 28. The molecule has 0 spiro atoms. The van der Waals surface area contributed by atoms with Gasteiger partial charge in [-0.1, -0.05) is 20.9 Å². The van der Waals surface area contributed by atoms with E-state index in [9.17, 15) is 143 Å². The summed E-state index contributed by atoms with van der Waals surface area (Å²) in [5, 5.41) is 331. The average molecular weight is 1760 g/mol. The van der Waals surface area contributed by atoms with Crippen LogP contribution in [-0.2, 0) is 102 Å². The predicted molar refractivity (Wildman–Crippen MR) is 368 cm³/mol. The molecule has 0 bridgehead atoms. The van der Waals surface area contributed by atoms with Crippen LogP contribution in [0.3, 0.4) is 0 Å². The normalized spacial score (nSPS) is 42.7. The van der Waals surface area contributed by atoms with Gasteiger partial charge in [0.05, 0.1) is 136 Å². The molecule has 8 aliphatic rings. The Balaban J connectivity index is 0.790. The van der Waals surface area contributed by atoms with E-state index >= 15 is 0 Å². The number of aromatic nitrogens is 12. The van der Waals surface area contributed by atoms with E-state index in [-0.39, 0.29) is 22.8 Å². The first kappa shape index (κ1) is 94.9. The molecule has 56 heteroatoms. The summed E-state index contributed by atoms with van der Waals surface area (Å²) in [6.45, 7) is -11.0. The summed E-state index contributed by atoms with van der Waals surface area (Å²) in [7, 11) is 0. The van der Waals surface area contributed by atoms with Gasteiger partial charge in [0.25, 0.3) is 0 Å². The van der Waals surface area contributed by atoms with Gasteiger partial charge in [0.2, 0.25) is 0 Å². The van der Waals surface area contributed by atoms with Crippen molar-refractivity contribution in [1.82, 2.24) is 60.0 Å². The van der Waals surface area contributed by atoms with Crippen LogP contribution in [0.2, 0.25) is 0 Å². The van der Waals surface area contributed by atoms with Crippen molar-refractivity contribution in [3.05, 3.63) is 47.6 Å². The van der Waals surface area contributed by atoms with Crippen LogP contribution in [0.15, 0.2) is 24.8 Å². The van der Waals surface area contributed by atoms with Gasteiger partial charge in [0.15, 0.2) is 50.1 Å². The van der Waals surface area contributed by atoms with Crippen LogP contribution in [0.4, 0.5) is 0 Å². The van der Waals surface area contributed by atoms with Crippen molar-refractivity contribution < 1.29 is 219 Å². The third-order valence-electron chi connectivity index (χ3n) is 21.8. The molecule has 0 saturated carbocycles. The van der Waals surface area contributed by atoms with Crippen LogP contribution in [0.25, 0.3) is 0 Å². The van der Waals surface area contributed by atoms with E-state index in [2.05, 4.69) is 41.2 Å². The highest BCUT2D eigenvalue weighted by atomic mass is 16.8. The maximum Gasteiger partial charge on any atom is 0.187 e. The van der Waals surface area contributed by atoms with Gasteiger partial charge in [0.1, 0.15) is 218 Å². The minimum absolute atomic E-state index is 0.0145. The van der Waals surface area contributed by atoms with Crippen LogP contribution in [0, 0.1) is 5.41 Å². The number of aliphatic hydroxyl groups is 28. The Bertz CT molecular complexity index is 3310. The molecule has 4 aromatic heterocycles. The average Bonchev–Trinajstić information content (AvgIpc) is 1.74. The molecule has 8 fully saturated rings. The lowest BCUT2D eigenvalue weighted by molar-refractivity contribution is -0.347. The van der Waals surface area contributed by atoms with Crippen molar-refractivity contribution in [3.63, 3.8) is 0 Å². The van der Waals surface area contributed by atoms with Gasteiger partial charge in [-0.2, -0.15) is 0 Å². The van der Waals surface area contributed by atoms with E-state index in [1.54, 1.807) is 0 Å². The standard InChI is InChI=1S/C65H104N12O44/c78-5-25-33(86)37(90)49(102)61(114-25)118-53-29(9-82)110-57(45(98)41(53)94)74-1-21(66-70-74)13-106-17-65(18-107-14-22-2-75(71-67-22)58-46(99)42(95)54(30(10-83)111-58)119-62-50(103)38(91)34(87)26(6-79)115-62,19-108-15-23-3-76(72-68-23)59-47(100)43(96)55(31(11-84)112-59)120-63-51(104)39(92)35(88)27(7-80)116-63)20-109-16-24-4-77(73-69-24)60-48(101)44(97)56(32(12-85)113-60)121-64-52(105)40(93)36(89)28(8-81)117-64/h1-4,25-64,78-105H,5-20H2/t25-,26-,27-,28-,29-,30-,31-,32-,33+,34+,35+,36+,37+,38+,39+,40+,41-,42-,43-,44-,45-,46-,47-,48-,49-,50-,51-,52-,53-,54-,55-,56-,57-,58-,59-,60-,61+,62+,63+,64+/m1/s1. The Labute approximate surface area is 681 Å². The van der Waals surface area contributed by atoms with Gasteiger partial charge >= 0.3 is 0 Å². The SMILES string of the molecule is OC[C@H]1O[C@@H](O[C@H]2[C@H](O)[C@@H](O)[C@H](n3cc(COCC(COCc4cn([C@@H]5O[C@H](CO)[C@@H](O[C@@H]6O[C@H](CO)[C@H](O)[C@H](O)[C@H]6O)[C@H](O)[C@H]5O)nn4)(COCc4cn([C@@H]5O[C@H](CO)[C@@H](O[C@@H]6O[C@H](CO)[C@H](O)[C@H](O)[C@H]6O)[C@H](O)[C@H]5O)nn4)COCc4cn([C@@H]5O[C@H](CO)[C@@H](O[C@@H]6O[C@H](CO)[C@H](O)[C@H](O)[C@H]6O)[C@H](O)[C@H]5O)nn4)nn3)O[C@@H]2CO)[C@H](O)[C@@H](O)[C@H]1O. The molecule has 0 amide bonds. The van der Waals surface area contributed by atoms with Crippen molar-refractivity contribution in [1.29, 1.82) is 0 Å². The molecule has 0 aromatic carbocycles. The molecule has 12 rings (SSSR count). The predicted octanol–water partition coefficient (Wildman–Crippen LogP) is -19.6. The van der Waals surface area contributed by atoms with Gasteiger partial charge in [-0.05, 0) is 0 Å². The van der Waals surface area contributed by atoms with Crippen molar-refractivity contribution in [2.45, 2.75) is 272 Å². The topological polar surface area (TPSA) is 837 Å². The summed E-state index contributed by atoms with van der Waals surface area (Å²) in [5.74, 6) is 0. The number of rotatable bonds is 36. The lowest BCUT2D eigenvalue weighted by atomic mass is 9.92. The van der Waals surface area contributed by atoms with Crippen LogP contribution < -0.4 is 0 Å². The van der Waals surface area contributed by atoms with Gasteiger partial charge in [-0.15, -0.1) is 20.4 Å². The summed E-state index contributed by atoms with van der Waals surface area (Å²) >= 11 is 0. The second kappa shape index (κ2) is 41.7. The highest BCUT2D eigenvalue weighted by Crippen LogP contribution is 2.39. The molecule has 8 aliphatic heterocycles. The molecule has 56 nitrogen and oxygen atoms in total. The van der Waals surface area contributed by atoms with Crippen molar-refractivity contribution in [2.75, 3.05) is 79.3 Å². The second-order valence-electron chi connectivity index (χ2n) is 30.3. The van der Waals surface area contributed by atoms with Crippen LogP contribution in [-0.4, -0.2) is 503 Å². The Morgan fingerprint density at radius 3 is 0.612 bits per heavy atom.